The highest BCUT2D eigenvalue weighted by atomic mass is 16.5. The summed E-state index contributed by atoms with van der Waals surface area (Å²) in [7, 11) is 0. The monoisotopic (exact) mass is 185 g/mol. The Morgan fingerprint density at radius 2 is 2.08 bits per heavy atom. The molecule has 0 unspecified atom stereocenters. The number of hydrogen-bond donors (Lipinski definition) is 1. The minimum atomic E-state index is 0.843. The molecule has 0 aliphatic heterocycles. The Kier molecular flexibility index (Phi) is 11.4. The second-order valence-corrected chi connectivity index (χ2v) is 3.07. The zero-order chi connectivity index (χ0) is 9.78. The van der Waals surface area contributed by atoms with Crippen molar-refractivity contribution >= 4 is 0 Å². The molecule has 0 aliphatic carbocycles. The van der Waals surface area contributed by atoms with Crippen molar-refractivity contribution in [3.63, 3.8) is 0 Å². The van der Waals surface area contributed by atoms with Crippen LogP contribution in [0.15, 0.2) is 12.2 Å². The summed E-state index contributed by atoms with van der Waals surface area (Å²) >= 11 is 0. The van der Waals surface area contributed by atoms with Gasteiger partial charge in [0.1, 0.15) is 0 Å². The van der Waals surface area contributed by atoms with Gasteiger partial charge in [-0.15, -0.1) is 0 Å². The predicted molar refractivity (Wildman–Crippen MR) is 58.0 cm³/mol. The first kappa shape index (κ1) is 12.7. The van der Waals surface area contributed by atoms with E-state index in [1.807, 2.05) is 6.92 Å². The molecule has 0 saturated heterocycles. The largest absolute Gasteiger partial charge is 0.380 e. The molecule has 0 atom stereocenters. The molecule has 0 rings (SSSR count). The lowest BCUT2D eigenvalue weighted by atomic mass is 10.4. The molecule has 13 heavy (non-hydrogen) atoms. The lowest BCUT2D eigenvalue weighted by Crippen LogP contribution is -2.20. The Balaban J connectivity index is 2.83. The smallest absolute Gasteiger partial charge is 0.0590 e. The standard InChI is InChI=1S/C11H23NO/c1-3-5-7-8-12-9-11-13-10-6-4-2/h3,5,12H,4,6-11H2,1-2H3/b5-3+. The summed E-state index contributed by atoms with van der Waals surface area (Å²) < 4.78 is 5.40. The predicted octanol–water partition coefficient (Wildman–Crippen LogP) is 2.36. The van der Waals surface area contributed by atoms with E-state index < -0.39 is 0 Å². The average molecular weight is 185 g/mol. The van der Waals surface area contributed by atoms with Crippen molar-refractivity contribution in [1.29, 1.82) is 0 Å². The number of unbranched alkanes of at least 4 members (excludes halogenated alkanes) is 1. The van der Waals surface area contributed by atoms with Gasteiger partial charge in [0.2, 0.25) is 0 Å². The highest BCUT2D eigenvalue weighted by Crippen LogP contribution is 1.86. The minimum absolute atomic E-state index is 0.843. The maximum atomic E-state index is 5.40. The topological polar surface area (TPSA) is 21.3 Å². The van der Waals surface area contributed by atoms with Crippen LogP contribution in [-0.2, 0) is 4.74 Å². The molecule has 2 heteroatoms. The fourth-order valence-electron chi connectivity index (χ4n) is 0.970. The fraction of sp³-hybridized carbons (Fsp3) is 0.818. The number of hydrogen-bond acceptors (Lipinski definition) is 2. The van der Waals surface area contributed by atoms with E-state index in [1.54, 1.807) is 0 Å². The van der Waals surface area contributed by atoms with Crippen molar-refractivity contribution < 1.29 is 4.74 Å². The van der Waals surface area contributed by atoms with E-state index in [4.69, 9.17) is 4.74 Å². The lowest BCUT2D eigenvalue weighted by Gasteiger charge is -2.03. The summed E-state index contributed by atoms with van der Waals surface area (Å²) in [5, 5.41) is 3.32. The van der Waals surface area contributed by atoms with Crippen molar-refractivity contribution in [2.75, 3.05) is 26.3 Å². The Bertz CT molecular complexity index is 113. The van der Waals surface area contributed by atoms with Crippen LogP contribution in [0.3, 0.4) is 0 Å². The van der Waals surface area contributed by atoms with Crippen LogP contribution in [0.1, 0.15) is 33.1 Å². The molecule has 0 aromatic rings. The molecule has 1 N–H and O–H groups in total. The van der Waals surface area contributed by atoms with Crippen LogP contribution in [0.2, 0.25) is 0 Å². The van der Waals surface area contributed by atoms with Crippen molar-refractivity contribution in [3.8, 4) is 0 Å². The average Bonchev–Trinajstić information content (AvgIpc) is 2.16. The van der Waals surface area contributed by atoms with Gasteiger partial charge in [0, 0.05) is 13.2 Å². The van der Waals surface area contributed by atoms with Crippen molar-refractivity contribution in [2.24, 2.45) is 0 Å². The summed E-state index contributed by atoms with van der Waals surface area (Å²) in [6.07, 6.45) is 7.77. The van der Waals surface area contributed by atoms with Gasteiger partial charge in [-0.2, -0.15) is 0 Å². The van der Waals surface area contributed by atoms with Crippen molar-refractivity contribution in [2.45, 2.75) is 33.1 Å². The van der Waals surface area contributed by atoms with E-state index in [2.05, 4.69) is 24.4 Å². The van der Waals surface area contributed by atoms with Gasteiger partial charge in [-0.1, -0.05) is 25.5 Å². The van der Waals surface area contributed by atoms with Crippen molar-refractivity contribution in [1.82, 2.24) is 5.32 Å². The van der Waals surface area contributed by atoms with E-state index >= 15 is 0 Å². The quantitative estimate of drug-likeness (QED) is 0.440. The van der Waals surface area contributed by atoms with Gasteiger partial charge in [0.15, 0.2) is 0 Å². The Morgan fingerprint density at radius 3 is 2.77 bits per heavy atom. The molecule has 0 bridgehead atoms. The molecule has 2 nitrogen and oxygen atoms in total. The van der Waals surface area contributed by atoms with Gasteiger partial charge in [0.05, 0.1) is 6.61 Å². The normalized spacial score (nSPS) is 11.2. The highest BCUT2D eigenvalue weighted by Gasteiger charge is 1.87. The van der Waals surface area contributed by atoms with Gasteiger partial charge in [-0.25, -0.2) is 0 Å². The third kappa shape index (κ3) is 11.7. The summed E-state index contributed by atoms with van der Waals surface area (Å²) in [6, 6.07) is 0. The maximum Gasteiger partial charge on any atom is 0.0590 e. The lowest BCUT2D eigenvalue weighted by molar-refractivity contribution is 0.133. The first-order valence-corrected chi connectivity index (χ1v) is 5.31. The molecule has 0 spiro atoms. The molecule has 0 aromatic carbocycles. The number of ether oxygens (including phenoxy) is 1. The molecular formula is C11H23NO. The maximum absolute atomic E-state index is 5.40. The molecule has 78 valence electrons. The Morgan fingerprint density at radius 1 is 1.23 bits per heavy atom. The van der Waals surface area contributed by atoms with E-state index in [0.717, 1.165) is 32.7 Å². The van der Waals surface area contributed by atoms with E-state index in [0.29, 0.717) is 0 Å². The van der Waals surface area contributed by atoms with Gasteiger partial charge in [-0.05, 0) is 26.3 Å². The summed E-state index contributed by atoms with van der Waals surface area (Å²) in [5.74, 6) is 0. The molecule has 0 aromatic heterocycles. The minimum Gasteiger partial charge on any atom is -0.380 e. The van der Waals surface area contributed by atoms with E-state index in [9.17, 15) is 0 Å². The third-order valence-corrected chi connectivity index (χ3v) is 1.79. The first-order chi connectivity index (χ1) is 6.41. The van der Waals surface area contributed by atoms with Crippen LogP contribution in [0.25, 0.3) is 0 Å². The third-order valence-electron chi connectivity index (χ3n) is 1.79. The summed E-state index contributed by atoms with van der Waals surface area (Å²) in [6.45, 7) is 8.01. The Labute approximate surface area is 82.4 Å². The van der Waals surface area contributed by atoms with Crippen LogP contribution in [-0.4, -0.2) is 26.3 Å². The molecule has 0 fully saturated rings. The Hall–Kier alpha value is -0.340. The van der Waals surface area contributed by atoms with Crippen LogP contribution in [0.4, 0.5) is 0 Å². The van der Waals surface area contributed by atoms with Gasteiger partial charge in [-0.3, -0.25) is 0 Å². The molecule has 0 saturated carbocycles. The summed E-state index contributed by atoms with van der Waals surface area (Å²) in [4.78, 5) is 0. The molecule has 0 amide bonds. The highest BCUT2D eigenvalue weighted by molar-refractivity contribution is 4.77. The zero-order valence-corrected chi connectivity index (χ0v) is 9.01. The summed E-state index contributed by atoms with van der Waals surface area (Å²) in [5.41, 5.74) is 0. The van der Waals surface area contributed by atoms with Crippen molar-refractivity contribution in [3.05, 3.63) is 12.2 Å². The first-order valence-electron chi connectivity index (χ1n) is 5.31. The molecule has 0 aliphatic rings. The van der Waals surface area contributed by atoms with Gasteiger partial charge >= 0.3 is 0 Å². The number of allylic oxidation sites excluding steroid dienone is 1. The van der Waals surface area contributed by atoms with Gasteiger partial charge in [0.25, 0.3) is 0 Å². The molecule has 0 radical (unpaired) electrons. The number of rotatable bonds is 9. The SMILES string of the molecule is C/C=C/CCNCCOCCCC. The van der Waals surface area contributed by atoms with Crippen LogP contribution >= 0.6 is 0 Å². The fourth-order valence-corrected chi connectivity index (χ4v) is 0.970. The number of nitrogens with one attached hydrogen (secondary N) is 1. The molecular weight excluding hydrogens is 162 g/mol. The van der Waals surface area contributed by atoms with E-state index in [-0.39, 0.29) is 0 Å². The van der Waals surface area contributed by atoms with Crippen LogP contribution in [0.5, 0.6) is 0 Å². The van der Waals surface area contributed by atoms with Gasteiger partial charge < -0.3 is 10.1 Å². The van der Waals surface area contributed by atoms with Crippen LogP contribution < -0.4 is 5.32 Å². The van der Waals surface area contributed by atoms with E-state index in [1.165, 1.54) is 12.8 Å². The van der Waals surface area contributed by atoms with Crippen LogP contribution in [0, 0.1) is 0 Å². The molecule has 0 heterocycles. The second kappa shape index (κ2) is 11.7. The zero-order valence-electron chi connectivity index (χ0n) is 9.01. The second-order valence-electron chi connectivity index (χ2n) is 3.07.